The highest BCUT2D eigenvalue weighted by molar-refractivity contribution is 5.90. The standard InChI is InChI=1S/C11H10O3/c12-11(13)7-3-1-2-6-8-4-5-9(14-8)10(6)7/h1-3,8-9H,4-5H2,(H,12,13). The number of carboxylic acid groups (broad SMARTS) is 1. The first-order valence-corrected chi connectivity index (χ1v) is 4.79. The molecule has 3 rings (SSSR count). The van der Waals surface area contributed by atoms with E-state index in [1.54, 1.807) is 12.1 Å². The lowest BCUT2D eigenvalue weighted by molar-refractivity contribution is 0.0651. The first-order chi connectivity index (χ1) is 6.77. The lowest BCUT2D eigenvalue weighted by Crippen LogP contribution is -2.07. The molecule has 3 heteroatoms. The van der Waals surface area contributed by atoms with E-state index < -0.39 is 5.97 Å². The molecular formula is C11H10O3. The highest BCUT2D eigenvalue weighted by Gasteiger charge is 2.40. The SMILES string of the molecule is O=C(O)c1cccc2c1C1CCC2O1. The Morgan fingerprint density at radius 3 is 2.93 bits per heavy atom. The highest BCUT2D eigenvalue weighted by atomic mass is 16.5. The van der Waals surface area contributed by atoms with E-state index in [9.17, 15) is 4.79 Å². The summed E-state index contributed by atoms with van der Waals surface area (Å²) in [7, 11) is 0. The van der Waals surface area contributed by atoms with E-state index in [1.807, 2.05) is 6.07 Å². The van der Waals surface area contributed by atoms with Crippen LogP contribution in [0.3, 0.4) is 0 Å². The van der Waals surface area contributed by atoms with Gasteiger partial charge in [-0.25, -0.2) is 4.79 Å². The van der Waals surface area contributed by atoms with Gasteiger partial charge in [-0.2, -0.15) is 0 Å². The Morgan fingerprint density at radius 2 is 2.14 bits per heavy atom. The van der Waals surface area contributed by atoms with Gasteiger partial charge in [-0.1, -0.05) is 12.1 Å². The van der Waals surface area contributed by atoms with E-state index in [2.05, 4.69) is 0 Å². The molecule has 0 radical (unpaired) electrons. The van der Waals surface area contributed by atoms with E-state index in [1.165, 1.54) is 0 Å². The van der Waals surface area contributed by atoms with Crippen molar-refractivity contribution in [3.8, 4) is 0 Å². The Bertz CT molecular complexity index is 411. The van der Waals surface area contributed by atoms with Crippen molar-refractivity contribution in [1.82, 2.24) is 0 Å². The van der Waals surface area contributed by atoms with Crippen LogP contribution in [0.2, 0.25) is 0 Å². The molecule has 0 aliphatic carbocycles. The van der Waals surface area contributed by atoms with E-state index in [0.29, 0.717) is 5.56 Å². The van der Waals surface area contributed by atoms with Crippen LogP contribution < -0.4 is 0 Å². The number of benzene rings is 1. The molecule has 2 unspecified atom stereocenters. The van der Waals surface area contributed by atoms with Gasteiger partial charge < -0.3 is 9.84 Å². The van der Waals surface area contributed by atoms with E-state index in [4.69, 9.17) is 9.84 Å². The molecule has 1 aromatic rings. The van der Waals surface area contributed by atoms with Crippen LogP contribution in [0, 0.1) is 0 Å². The molecule has 0 aromatic heterocycles. The summed E-state index contributed by atoms with van der Waals surface area (Å²) in [5.74, 6) is -0.849. The zero-order chi connectivity index (χ0) is 9.71. The number of aromatic carboxylic acids is 1. The minimum absolute atomic E-state index is 0.0299. The van der Waals surface area contributed by atoms with Gasteiger partial charge in [-0.05, 0) is 24.5 Å². The number of carboxylic acids is 1. The smallest absolute Gasteiger partial charge is 0.336 e. The molecule has 2 heterocycles. The molecule has 3 nitrogen and oxygen atoms in total. The minimum Gasteiger partial charge on any atom is -0.478 e. The summed E-state index contributed by atoms with van der Waals surface area (Å²) >= 11 is 0. The van der Waals surface area contributed by atoms with Gasteiger partial charge in [0.25, 0.3) is 0 Å². The molecule has 72 valence electrons. The molecule has 2 bridgehead atoms. The predicted octanol–water partition coefficient (Wildman–Crippen LogP) is 2.29. The number of hydrogen-bond acceptors (Lipinski definition) is 2. The van der Waals surface area contributed by atoms with Crippen molar-refractivity contribution >= 4 is 5.97 Å². The molecule has 0 saturated carbocycles. The van der Waals surface area contributed by atoms with Gasteiger partial charge in [-0.3, -0.25) is 0 Å². The third-order valence-electron chi connectivity index (χ3n) is 3.06. The number of hydrogen-bond donors (Lipinski definition) is 1. The largest absolute Gasteiger partial charge is 0.478 e. The molecule has 14 heavy (non-hydrogen) atoms. The Balaban J connectivity index is 2.23. The van der Waals surface area contributed by atoms with Gasteiger partial charge in [-0.15, -0.1) is 0 Å². The average Bonchev–Trinajstić information content (AvgIpc) is 2.77. The average molecular weight is 190 g/mol. The Kier molecular flexibility index (Phi) is 1.47. The topological polar surface area (TPSA) is 46.5 Å². The lowest BCUT2D eigenvalue weighted by atomic mass is 9.88. The monoisotopic (exact) mass is 190 g/mol. The quantitative estimate of drug-likeness (QED) is 0.739. The zero-order valence-corrected chi connectivity index (χ0v) is 7.56. The van der Waals surface area contributed by atoms with Crippen LogP contribution in [0.4, 0.5) is 0 Å². The second-order valence-corrected chi connectivity index (χ2v) is 3.80. The summed E-state index contributed by atoms with van der Waals surface area (Å²) in [5, 5.41) is 9.02. The highest BCUT2D eigenvalue weighted by Crippen LogP contribution is 2.51. The summed E-state index contributed by atoms with van der Waals surface area (Å²) in [6.07, 6.45) is 2.17. The van der Waals surface area contributed by atoms with E-state index in [0.717, 1.165) is 24.0 Å². The van der Waals surface area contributed by atoms with Gasteiger partial charge in [0.2, 0.25) is 0 Å². The predicted molar refractivity (Wildman–Crippen MR) is 49.2 cm³/mol. The first-order valence-electron chi connectivity index (χ1n) is 4.79. The zero-order valence-electron chi connectivity index (χ0n) is 7.56. The van der Waals surface area contributed by atoms with Gasteiger partial charge >= 0.3 is 5.97 Å². The van der Waals surface area contributed by atoms with Crippen molar-refractivity contribution in [1.29, 1.82) is 0 Å². The van der Waals surface area contributed by atoms with Crippen molar-refractivity contribution in [2.75, 3.05) is 0 Å². The van der Waals surface area contributed by atoms with Crippen LogP contribution in [0.5, 0.6) is 0 Å². The molecule has 2 atom stereocenters. The number of rotatable bonds is 1. The van der Waals surface area contributed by atoms with Crippen LogP contribution in [-0.4, -0.2) is 11.1 Å². The summed E-state index contributed by atoms with van der Waals surface area (Å²) in [4.78, 5) is 11.0. The summed E-state index contributed by atoms with van der Waals surface area (Å²) in [6.45, 7) is 0. The second kappa shape index (κ2) is 2.58. The fraction of sp³-hybridized carbons (Fsp3) is 0.364. The second-order valence-electron chi connectivity index (χ2n) is 3.80. The molecular weight excluding hydrogens is 180 g/mol. The fourth-order valence-corrected chi connectivity index (χ4v) is 2.49. The van der Waals surface area contributed by atoms with Crippen LogP contribution in [0.15, 0.2) is 18.2 Å². The summed E-state index contributed by atoms with van der Waals surface area (Å²) in [5.41, 5.74) is 2.41. The molecule has 1 fully saturated rings. The maximum atomic E-state index is 11.0. The van der Waals surface area contributed by atoms with Crippen LogP contribution in [-0.2, 0) is 4.74 Å². The van der Waals surface area contributed by atoms with Gasteiger partial charge in [0.15, 0.2) is 0 Å². The van der Waals surface area contributed by atoms with Crippen LogP contribution >= 0.6 is 0 Å². The number of fused-ring (bicyclic) bond motifs is 5. The van der Waals surface area contributed by atoms with Crippen molar-refractivity contribution in [3.63, 3.8) is 0 Å². The van der Waals surface area contributed by atoms with Crippen molar-refractivity contribution < 1.29 is 14.6 Å². The minimum atomic E-state index is -0.849. The summed E-state index contributed by atoms with van der Waals surface area (Å²) in [6, 6.07) is 5.43. The molecule has 0 amide bonds. The molecule has 2 aliphatic rings. The molecule has 2 aliphatic heterocycles. The molecule has 0 spiro atoms. The Hall–Kier alpha value is -1.35. The third kappa shape index (κ3) is 0.876. The fourth-order valence-electron chi connectivity index (χ4n) is 2.49. The lowest BCUT2D eigenvalue weighted by Gasteiger charge is -2.13. The molecule has 1 N–H and O–H groups in total. The summed E-state index contributed by atoms with van der Waals surface area (Å²) < 4.78 is 5.67. The number of carbonyl (C=O) groups is 1. The van der Waals surface area contributed by atoms with Gasteiger partial charge in [0, 0.05) is 5.56 Å². The van der Waals surface area contributed by atoms with Crippen LogP contribution in [0.25, 0.3) is 0 Å². The van der Waals surface area contributed by atoms with Crippen molar-refractivity contribution in [2.45, 2.75) is 25.0 Å². The third-order valence-corrected chi connectivity index (χ3v) is 3.06. The molecule has 1 aromatic carbocycles. The maximum Gasteiger partial charge on any atom is 0.336 e. The van der Waals surface area contributed by atoms with Gasteiger partial charge in [0.1, 0.15) is 0 Å². The Morgan fingerprint density at radius 1 is 1.36 bits per heavy atom. The Labute approximate surface area is 81.3 Å². The number of ether oxygens (including phenoxy) is 1. The molecule has 1 saturated heterocycles. The van der Waals surface area contributed by atoms with E-state index >= 15 is 0 Å². The van der Waals surface area contributed by atoms with Crippen molar-refractivity contribution in [2.24, 2.45) is 0 Å². The van der Waals surface area contributed by atoms with Gasteiger partial charge in [0.05, 0.1) is 17.8 Å². The van der Waals surface area contributed by atoms with Crippen molar-refractivity contribution in [3.05, 3.63) is 34.9 Å². The van der Waals surface area contributed by atoms with Crippen LogP contribution in [0.1, 0.15) is 46.5 Å². The normalized spacial score (nSPS) is 27.7. The van der Waals surface area contributed by atoms with E-state index in [-0.39, 0.29) is 12.2 Å². The maximum absolute atomic E-state index is 11.0. The first kappa shape index (κ1) is 8.00.